The summed E-state index contributed by atoms with van der Waals surface area (Å²) in [6, 6.07) is 9.99. The molecule has 2 aromatic carbocycles. The van der Waals surface area contributed by atoms with Crippen molar-refractivity contribution >= 4 is 31.5 Å². The third-order valence-electron chi connectivity index (χ3n) is 3.17. The third kappa shape index (κ3) is 3.57. The molecule has 0 saturated carbocycles. The van der Waals surface area contributed by atoms with Crippen LogP contribution in [0, 0.1) is 6.92 Å². The Balaban J connectivity index is 2.32. The summed E-state index contributed by atoms with van der Waals surface area (Å²) in [5, 5.41) is 0. The Labute approximate surface area is 133 Å². The van der Waals surface area contributed by atoms with Gasteiger partial charge >= 0.3 is 0 Å². The number of nitrogens with two attached hydrogens (primary N) is 1. The number of nitrogen functional groups attached to an aromatic ring is 1. The Hall–Kier alpha value is -1.53. The highest BCUT2D eigenvalue weighted by atomic mass is 79.9. The number of rotatable bonds is 4. The van der Waals surface area contributed by atoms with Gasteiger partial charge in [0.25, 0.3) is 0 Å². The maximum Gasteiger partial charge on any atom is 0.182 e. The summed E-state index contributed by atoms with van der Waals surface area (Å²) in [6.07, 6.45) is 0. The molecule has 21 heavy (non-hydrogen) atoms. The minimum atomic E-state index is -3.41. The first-order chi connectivity index (χ1) is 9.83. The van der Waals surface area contributed by atoms with Crippen LogP contribution in [-0.2, 0) is 15.6 Å². The zero-order chi connectivity index (χ0) is 15.6. The molecule has 0 atom stereocenters. The topological polar surface area (TPSA) is 69.4 Å². The van der Waals surface area contributed by atoms with Crippen molar-refractivity contribution in [3.8, 4) is 5.75 Å². The van der Waals surface area contributed by atoms with Gasteiger partial charge in [-0.05, 0) is 64.3 Å². The van der Waals surface area contributed by atoms with Gasteiger partial charge in [0.1, 0.15) is 5.75 Å². The normalized spacial score (nSPS) is 11.4. The van der Waals surface area contributed by atoms with Gasteiger partial charge in [0.05, 0.1) is 22.2 Å². The van der Waals surface area contributed by atoms with E-state index < -0.39 is 9.84 Å². The highest BCUT2D eigenvalue weighted by Crippen LogP contribution is 2.27. The summed E-state index contributed by atoms with van der Waals surface area (Å²) in [6.45, 7) is 1.79. The quantitative estimate of drug-likeness (QED) is 0.839. The largest absolute Gasteiger partial charge is 0.496 e. The van der Waals surface area contributed by atoms with Crippen molar-refractivity contribution in [1.29, 1.82) is 0 Å². The molecule has 112 valence electrons. The van der Waals surface area contributed by atoms with Crippen LogP contribution in [0.25, 0.3) is 0 Å². The molecule has 0 unspecified atom stereocenters. The number of halogens is 1. The number of hydrogen-bond acceptors (Lipinski definition) is 4. The van der Waals surface area contributed by atoms with Crippen molar-refractivity contribution in [2.75, 3.05) is 12.8 Å². The van der Waals surface area contributed by atoms with E-state index in [4.69, 9.17) is 10.5 Å². The van der Waals surface area contributed by atoms with E-state index in [1.165, 1.54) is 6.07 Å². The minimum Gasteiger partial charge on any atom is -0.496 e. The molecular weight excluding hydrogens is 354 g/mol. The molecule has 4 nitrogen and oxygen atoms in total. The second kappa shape index (κ2) is 6.07. The van der Waals surface area contributed by atoms with Crippen molar-refractivity contribution in [3.63, 3.8) is 0 Å². The first-order valence-electron chi connectivity index (χ1n) is 6.25. The second-order valence-corrected chi connectivity index (χ2v) is 7.59. The average molecular weight is 370 g/mol. The molecule has 0 spiro atoms. The van der Waals surface area contributed by atoms with E-state index in [1.54, 1.807) is 44.4 Å². The lowest BCUT2D eigenvalue weighted by atomic mass is 10.2. The number of aryl methyl sites for hydroxylation is 1. The number of anilines is 1. The summed E-state index contributed by atoms with van der Waals surface area (Å²) in [5.74, 6) is 0.596. The molecule has 0 aliphatic rings. The van der Waals surface area contributed by atoms with Crippen molar-refractivity contribution in [3.05, 3.63) is 52.0 Å². The number of benzene rings is 2. The molecule has 0 fully saturated rings. The molecule has 0 amide bonds. The van der Waals surface area contributed by atoms with Gasteiger partial charge in [0.15, 0.2) is 9.84 Å². The van der Waals surface area contributed by atoms with Crippen LogP contribution in [0.15, 0.2) is 45.8 Å². The fraction of sp³-hybridized carbons (Fsp3) is 0.200. The highest BCUT2D eigenvalue weighted by molar-refractivity contribution is 9.10. The van der Waals surface area contributed by atoms with E-state index in [0.29, 0.717) is 17.0 Å². The molecule has 2 aromatic rings. The van der Waals surface area contributed by atoms with Crippen LogP contribution < -0.4 is 10.5 Å². The number of sulfone groups is 1. The molecule has 6 heteroatoms. The van der Waals surface area contributed by atoms with E-state index in [1.807, 2.05) is 0 Å². The summed E-state index contributed by atoms with van der Waals surface area (Å²) >= 11 is 3.36. The Kier molecular flexibility index (Phi) is 4.58. The van der Waals surface area contributed by atoms with Crippen LogP contribution >= 0.6 is 15.9 Å². The maximum absolute atomic E-state index is 12.4. The van der Waals surface area contributed by atoms with Gasteiger partial charge in [0.2, 0.25) is 0 Å². The molecular formula is C15H16BrNO3S. The molecule has 0 heterocycles. The van der Waals surface area contributed by atoms with Crippen LogP contribution in [0.1, 0.15) is 11.1 Å². The summed E-state index contributed by atoms with van der Waals surface area (Å²) < 4.78 is 30.7. The Morgan fingerprint density at radius 3 is 2.48 bits per heavy atom. The first kappa shape index (κ1) is 15.9. The number of ether oxygens (including phenoxy) is 1. The average Bonchev–Trinajstić information content (AvgIpc) is 2.41. The minimum absolute atomic E-state index is 0.0705. The molecule has 0 bridgehead atoms. The third-order valence-corrected chi connectivity index (χ3v) is 5.48. The van der Waals surface area contributed by atoms with Crippen LogP contribution in [0.2, 0.25) is 0 Å². The Morgan fingerprint density at radius 2 is 1.90 bits per heavy atom. The predicted octanol–water partition coefficient (Wildman–Crippen LogP) is 3.32. The van der Waals surface area contributed by atoms with E-state index in [9.17, 15) is 8.42 Å². The lowest BCUT2D eigenvalue weighted by Crippen LogP contribution is -2.06. The van der Waals surface area contributed by atoms with Crippen molar-refractivity contribution < 1.29 is 13.2 Å². The SMILES string of the molecule is COc1ccc(CS(=O)(=O)c2ccc(N)c(C)c2)cc1Br. The zero-order valence-corrected chi connectivity index (χ0v) is 14.2. The van der Waals surface area contributed by atoms with E-state index in [-0.39, 0.29) is 10.6 Å². The van der Waals surface area contributed by atoms with Gasteiger partial charge in [-0.1, -0.05) is 6.07 Å². The molecule has 0 aliphatic heterocycles. The van der Waals surface area contributed by atoms with Gasteiger partial charge in [0, 0.05) is 5.69 Å². The summed E-state index contributed by atoms with van der Waals surface area (Å²) in [4.78, 5) is 0.279. The van der Waals surface area contributed by atoms with Gasteiger partial charge in [-0.3, -0.25) is 0 Å². The first-order valence-corrected chi connectivity index (χ1v) is 8.69. The van der Waals surface area contributed by atoms with Crippen molar-refractivity contribution in [1.82, 2.24) is 0 Å². The van der Waals surface area contributed by atoms with Crippen LogP contribution in [-0.4, -0.2) is 15.5 Å². The van der Waals surface area contributed by atoms with Crippen LogP contribution in [0.4, 0.5) is 5.69 Å². The summed E-state index contributed by atoms with van der Waals surface area (Å²) in [5.41, 5.74) is 7.75. The van der Waals surface area contributed by atoms with Gasteiger partial charge in [-0.15, -0.1) is 0 Å². The second-order valence-electron chi connectivity index (χ2n) is 4.75. The zero-order valence-electron chi connectivity index (χ0n) is 11.8. The number of hydrogen-bond donors (Lipinski definition) is 1. The van der Waals surface area contributed by atoms with Crippen LogP contribution in [0.3, 0.4) is 0 Å². The highest BCUT2D eigenvalue weighted by Gasteiger charge is 2.17. The fourth-order valence-electron chi connectivity index (χ4n) is 1.94. The molecule has 0 radical (unpaired) electrons. The van der Waals surface area contributed by atoms with Crippen LogP contribution in [0.5, 0.6) is 5.75 Å². The van der Waals surface area contributed by atoms with Gasteiger partial charge in [-0.25, -0.2) is 8.42 Å². The molecule has 2 rings (SSSR count). The van der Waals surface area contributed by atoms with Crippen molar-refractivity contribution in [2.24, 2.45) is 0 Å². The van der Waals surface area contributed by atoms with E-state index in [0.717, 1.165) is 10.0 Å². The summed E-state index contributed by atoms with van der Waals surface area (Å²) in [7, 11) is -1.84. The molecule has 0 aromatic heterocycles. The molecule has 0 saturated heterocycles. The van der Waals surface area contributed by atoms with E-state index in [2.05, 4.69) is 15.9 Å². The number of methoxy groups -OCH3 is 1. The van der Waals surface area contributed by atoms with Crippen molar-refractivity contribution in [2.45, 2.75) is 17.6 Å². The fourth-order valence-corrected chi connectivity index (χ4v) is 3.95. The predicted molar refractivity (Wildman–Crippen MR) is 87.2 cm³/mol. The standard InChI is InChI=1S/C15H16BrNO3S/c1-10-7-12(4-5-14(10)17)21(18,19)9-11-3-6-15(20-2)13(16)8-11/h3-8H,9,17H2,1-2H3. The van der Waals surface area contributed by atoms with E-state index >= 15 is 0 Å². The monoisotopic (exact) mass is 369 g/mol. The smallest absolute Gasteiger partial charge is 0.182 e. The maximum atomic E-state index is 12.4. The lowest BCUT2D eigenvalue weighted by molar-refractivity contribution is 0.412. The Bertz CT molecular complexity index is 772. The molecule has 2 N–H and O–H groups in total. The van der Waals surface area contributed by atoms with Gasteiger partial charge < -0.3 is 10.5 Å². The Morgan fingerprint density at radius 1 is 1.19 bits per heavy atom. The van der Waals surface area contributed by atoms with Gasteiger partial charge in [-0.2, -0.15) is 0 Å². The molecule has 0 aliphatic carbocycles. The lowest BCUT2D eigenvalue weighted by Gasteiger charge is -2.09.